The van der Waals surface area contributed by atoms with E-state index in [0.29, 0.717) is 25.7 Å². The van der Waals surface area contributed by atoms with Crippen LogP contribution >= 0.6 is 0 Å². The van der Waals surface area contributed by atoms with Gasteiger partial charge < -0.3 is 19.3 Å². The van der Waals surface area contributed by atoms with Crippen molar-refractivity contribution >= 4 is 5.84 Å². The van der Waals surface area contributed by atoms with Crippen LogP contribution in [0.1, 0.15) is 19.8 Å². The Morgan fingerprint density at radius 1 is 1.22 bits per heavy atom. The van der Waals surface area contributed by atoms with Crippen molar-refractivity contribution in [2.45, 2.75) is 25.4 Å². The highest BCUT2D eigenvalue weighted by Crippen LogP contribution is 2.28. The minimum Gasteiger partial charge on any atom is -0.381 e. The second-order valence-corrected chi connectivity index (χ2v) is 5.18. The van der Waals surface area contributed by atoms with E-state index in [0.717, 1.165) is 39.0 Å². The minimum atomic E-state index is -0.400. The third-order valence-corrected chi connectivity index (χ3v) is 3.97. The van der Waals surface area contributed by atoms with Gasteiger partial charge in [0.15, 0.2) is 0 Å². The van der Waals surface area contributed by atoms with Crippen LogP contribution in [0.5, 0.6) is 0 Å². The topological polar surface area (TPSA) is 48.8 Å². The molecule has 0 amide bonds. The van der Waals surface area contributed by atoms with E-state index in [1.165, 1.54) is 0 Å². The van der Waals surface area contributed by atoms with Crippen LogP contribution in [0.3, 0.4) is 0 Å². The number of rotatable bonds is 3. The third kappa shape index (κ3) is 2.84. The summed E-state index contributed by atoms with van der Waals surface area (Å²) < 4.78 is 11.4. The highest BCUT2D eigenvalue weighted by Gasteiger charge is 2.40. The van der Waals surface area contributed by atoms with Gasteiger partial charge >= 0.3 is 0 Å². The molecule has 1 N–H and O–H groups in total. The van der Waals surface area contributed by atoms with Gasteiger partial charge in [-0.2, -0.15) is 0 Å². The minimum absolute atomic E-state index is 0.400. The van der Waals surface area contributed by atoms with Gasteiger partial charge in [0.25, 0.3) is 0 Å². The summed E-state index contributed by atoms with van der Waals surface area (Å²) >= 11 is 0. The molecule has 18 heavy (non-hydrogen) atoms. The van der Waals surface area contributed by atoms with Crippen LogP contribution in [0.15, 0.2) is 0 Å². The van der Waals surface area contributed by atoms with Crippen LogP contribution in [-0.4, -0.2) is 74.3 Å². The smallest absolute Gasteiger partial charge is 0.129 e. The van der Waals surface area contributed by atoms with Gasteiger partial charge in [-0.15, -0.1) is 0 Å². The predicted octanol–water partition coefficient (Wildman–Crippen LogP) is 0.797. The number of hydrogen-bond acceptors (Lipinski definition) is 4. The molecule has 2 fully saturated rings. The Hall–Kier alpha value is -0.650. The summed E-state index contributed by atoms with van der Waals surface area (Å²) in [7, 11) is 2.13. The number of nitrogens with zero attached hydrogens (tertiary/aromatic N) is 2. The van der Waals surface area contributed by atoms with Gasteiger partial charge in [0.1, 0.15) is 11.4 Å². The van der Waals surface area contributed by atoms with E-state index in [1.54, 1.807) is 0 Å². The van der Waals surface area contributed by atoms with Crippen molar-refractivity contribution in [2.75, 3.05) is 53.0 Å². The maximum absolute atomic E-state index is 8.52. The van der Waals surface area contributed by atoms with E-state index in [1.807, 2.05) is 6.92 Å². The first-order chi connectivity index (χ1) is 8.68. The molecule has 0 aromatic rings. The van der Waals surface area contributed by atoms with Crippen molar-refractivity contribution in [3.8, 4) is 0 Å². The molecule has 0 unspecified atom stereocenters. The van der Waals surface area contributed by atoms with Gasteiger partial charge in [-0.25, -0.2) is 0 Å². The van der Waals surface area contributed by atoms with Gasteiger partial charge in [-0.1, -0.05) is 0 Å². The van der Waals surface area contributed by atoms with Crippen LogP contribution in [-0.2, 0) is 9.47 Å². The van der Waals surface area contributed by atoms with E-state index in [-0.39, 0.29) is 0 Å². The maximum atomic E-state index is 8.52. The summed E-state index contributed by atoms with van der Waals surface area (Å²) in [4.78, 5) is 4.49. The Balaban J connectivity index is 2.03. The number of nitrogens with one attached hydrogen (secondary N) is 1. The zero-order chi connectivity index (χ0) is 13.0. The first kappa shape index (κ1) is 13.8. The summed E-state index contributed by atoms with van der Waals surface area (Å²) in [5.74, 6) is 0.667. The fraction of sp³-hybridized carbons (Fsp3) is 0.923. The first-order valence-electron chi connectivity index (χ1n) is 6.92. The first-order valence-corrected chi connectivity index (χ1v) is 6.92. The molecule has 104 valence electrons. The lowest BCUT2D eigenvalue weighted by molar-refractivity contribution is -0.0712. The Kier molecular flexibility index (Phi) is 4.59. The second-order valence-electron chi connectivity index (χ2n) is 5.18. The molecular formula is C13H25N3O2. The average molecular weight is 255 g/mol. The summed E-state index contributed by atoms with van der Waals surface area (Å²) in [6.45, 7) is 8.01. The Labute approximate surface area is 110 Å². The van der Waals surface area contributed by atoms with Crippen LogP contribution in [0.4, 0.5) is 0 Å². The standard InChI is InChI=1S/C13H25N3O2/c1-3-18-13(4-10-17-11-5-13)12(14)16-8-6-15(2)7-9-16/h14H,3-11H2,1-2H3. The normalized spacial score (nSPS) is 25.1. The predicted molar refractivity (Wildman–Crippen MR) is 71.2 cm³/mol. The van der Waals surface area contributed by atoms with Crippen LogP contribution in [0.25, 0.3) is 0 Å². The summed E-state index contributed by atoms with van der Waals surface area (Å²) in [5, 5.41) is 8.52. The van der Waals surface area contributed by atoms with E-state index in [4.69, 9.17) is 14.9 Å². The van der Waals surface area contributed by atoms with E-state index in [9.17, 15) is 0 Å². The lowest BCUT2D eigenvalue weighted by Gasteiger charge is -2.44. The fourth-order valence-corrected chi connectivity index (χ4v) is 2.75. The number of piperazine rings is 1. The zero-order valence-corrected chi connectivity index (χ0v) is 11.6. The van der Waals surface area contributed by atoms with Crippen molar-refractivity contribution in [2.24, 2.45) is 0 Å². The molecule has 2 rings (SSSR count). The molecule has 2 aliphatic rings. The molecule has 0 saturated carbocycles. The molecule has 5 nitrogen and oxygen atoms in total. The van der Waals surface area contributed by atoms with Crippen LogP contribution < -0.4 is 0 Å². The Morgan fingerprint density at radius 3 is 2.39 bits per heavy atom. The zero-order valence-electron chi connectivity index (χ0n) is 11.6. The van der Waals surface area contributed by atoms with Crippen LogP contribution in [0, 0.1) is 5.41 Å². The van der Waals surface area contributed by atoms with Gasteiger partial charge in [-0.05, 0) is 14.0 Å². The highest BCUT2D eigenvalue weighted by atomic mass is 16.5. The van der Waals surface area contributed by atoms with Crippen molar-refractivity contribution in [1.82, 2.24) is 9.80 Å². The third-order valence-electron chi connectivity index (χ3n) is 3.97. The molecule has 0 radical (unpaired) electrons. The lowest BCUT2D eigenvalue weighted by Crippen LogP contribution is -2.57. The monoisotopic (exact) mass is 255 g/mol. The van der Waals surface area contributed by atoms with Gasteiger partial charge in [0.05, 0.1) is 0 Å². The molecule has 0 atom stereocenters. The largest absolute Gasteiger partial charge is 0.381 e. The molecule has 0 bridgehead atoms. The Bertz CT molecular complexity index is 276. The van der Waals surface area contributed by atoms with Crippen molar-refractivity contribution in [1.29, 1.82) is 5.41 Å². The average Bonchev–Trinajstić information content (AvgIpc) is 2.40. The fourth-order valence-electron chi connectivity index (χ4n) is 2.75. The molecule has 0 aromatic heterocycles. The molecule has 2 heterocycles. The lowest BCUT2D eigenvalue weighted by atomic mass is 9.91. The van der Waals surface area contributed by atoms with E-state index < -0.39 is 5.60 Å². The molecule has 0 aromatic carbocycles. The maximum Gasteiger partial charge on any atom is 0.129 e. The highest BCUT2D eigenvalue weighted by molar-refractivity contribution is 5.88. The second kappa shape index (κ2) is 5.99. The number of ether oxygens (including phenoxy) is 2. The van der Waals surface area contributed by atoms with Crippen molar-refractivity contribution in [3.05, 3.63) is 0 Å². The molecule has 0 aliphatic carbocycles. The molecule has 2 aliphatic heterocycles. The summed E-state index contributed by atoms with van der Waals surface area (Å²) in [6, 6.07) is 0. The molecule has 5 heteroatoms. The molecular weight excluding hydrogens is 230 g/mol. The van der Waals surface area contributed by atoms with Crippen LogP contribution in [0.2, 0.25) is 0 Å². The summed E-state index contributed by atoms with van der Waals surface area (Å²) in [6.07, 6.45) is 1.62. The van der Waals surface area contributed by atoms with Crippen molar-refractivity contribution in [3.63, 3.8) is 0 Å². The van der Waals surface area contributed by atoms with Gasteiger partial charge in [-0.3, -0.25) is 5.41 Å². The quantitative estimate of drug-likeness (QED) is 0.598. The summed E-state index contributed by atoms with van der Waals surface area (Å²) in [5.41, 5.74) is -0.400. The van der Waals surface area contributed by atoms with E-state index >= 15 is 0 Å². The van der Waals surface area contributed by atoms with Gasteiger partial charge in [0, 0.05) is 58.8 Å². The number of amidine groups is 1. The SMILES string of the molecule is CCOC1(C(=N)N2CCN(C)CC2)CCOCC1. The van der Waals surface area contributed by atoms with Crippen molar-refractivity contribution < 1.29 is 9.47 Å². The van der Waals surface area contributed by atoms with Gasteiger partial charge in [0.2, 0.25) is 0 Å². The molecule has 2 saturated heterocycles. The number of likely N-dealkylation sites (N-methyl/N-ethyl adjacent to an activating group) is 1. The van der Waals surface area contributed by atoms with E-state index in [2.05, 4.69) is 16.8 Å². The Morgan fingerprint density at radius 2 is 1.83 bits per heavy atom. The number of hydrogen-bond donors (Lipinski definition) is 1. The molecule has 0 spiro atoms.